The molecule has 0 bridgehead atoms. The van der Waals surface area contributed by atoms with Crippen LogP contribution >= 0.6 is 23.4 Å². The number of aryl methyl sites for hydroxylation is 1. The number of fused-ring (bicyclic) bond motifs is 1. The number of hydrogen-bond donors (Lipinski definition) is 5. The van der Waals surface area contributed by atoms with Crippen molar-refractivity contribution < 1.29 is 24.9 Å². The number of nitrogens with one attached hydrogen (secondary N) is 2. The fourth-order valence-electron chi connectivity index (χ4n) is 5.70. The minimum absolute atomic E-state index is 0.184. The molecule has 210 valence electrons. The summed E-state index contributed by atoms with van der Waals surface area (Å²) in [5.41, 5.74) is 0.641. The topological polar surface area (TPSA) is 111 Å². The predicted molar refractivity (Wildman–Crippen MR) is 153 cm³/mol. The van der Waals surface area contributed by atoms with Crippen molar-refractivity contribution in [1.29, 1.82) is 0 Å². The van der Waals surface area contributed by atoms with Gasteiger partial charge in [-0.2, -0.15) is 0 Å². The lowest BCUT2D eigenvalue weighted by molar-refractivity contribution is -0.205. The lowest BCUT2D eigenvalue weighted by Crippen LogP contribution is -2.65. The van der Waals surface area contributed by atoms with Gasteiger partial charge in [-0.15, -0.1) is 23.4 Å². The van der Waals surface area contributed by atoms with Crippen LogP contribution in [0, 0.1) is 5.92 Å². The monoisotopic (exact) mass is 564 g/mol. The van der Waals surface area contributed by atoms with Gasteiger partial charge in [0.25, 0.3) is 0 Å². The fourth-order valence-corrected chi connectivity index (χ4v) is 6.59. The van der Waals surface area contributed by atoms with Crippen LogP contribution in [0.25, 0.3) is 10.8 Å². The first-order valence-electron chi connectivity index (χ1n) is 13.7. The Balaban J connectivity index is 1.28. The van der Waals surface area contributed by atoms with Crippen molar-refractivity contribution in [3.63, 3.8) is 0 Å². The van der Waals surface area contributed by atoms with Crippen LogP contribution in [0.2, 0.25) is 0 Å². The van der Waals surface area contributed by atoms with E-state index in [1.54, 1.807) is 13.2 Å². The smallest absolute Gasteiger partial charge is 0.237 e. The summed E-state index contributed by atoms with van der Waals surface area (Å²) < 4.78 is 5.87. The largest absolute Gasteiger partial charge is 0.388 e. The molecule has 7 nitrogen and oxygen atoms in total. The van der Waals surface area contributed by atoms with Crippen LogP contribution in [-0.4, -0.2) is 81.3 Å². The summed E-state index contributed by atoms with van der Waals surface area (Å²) in [5.74, 6) is 0.377. The molecule has 2 heterocycles. The molecule has 0 aliphatic carbocycles. The first-order valence-corrected chi connectivity index (χ1v) is 15.4. The Morgan fingerprint density at radius 3 is 2.61 bits per heavy atom. The van der Waals surface area contributed by atoms with Gasteiger partial charge in [-0.3, -0.25) is 4.79 Å². The first kappa shape index (κ1) is 29.6. The Bertz CT molecular complexity index is 1060. The van der Waals surface area contributed by atoms with E-state index in [9.17, 15) is 20.1 Å². The van der Waals surface area contributed by atoms with Gasteiger partial charge in [0, 0.05) is 0 Å². The Kier molecular flexibility index (Phi) is 10.7. The average molecular weight is 565 g/mol. The number of rotatable bonds is 9. The molecule has 9 heteroatoms. The quantitative estimate of drug-likeness (QED) is 0.297. The zero-order chi connectivity index (χ0) is 27.2. The summed E-state index contributed by atoms with van der Waals surface area (Å²) in [7, 11) is 0. The third-order valence-electron chi connectivity index (χ3n) is 8.01. The number of carbonyl (C=O) groups excluding carboxylic acids is 1. The van der Waals surface area contributed by atoms with Gasteiger partial charge in [-0.25, -0.2) is 0 Å². The van der Waals surface area contributed by atoms with Gasteiger partial charge in [-0.1, -0.05) is 48.9 Å². The third kappa shape index (κ3) is 7.22. The number of alkyl halides is 1. The van der Waals surface area contributed by atoms with E-state index in [4.69, 9.17) is 16.3 Å². The first-order chi connectivity index (χ1) is 18.3. The molecular weight excluding hydrogens is 524 g/mol. The molecule has 2 fully saturated rings. The number of aliphatic hydroxyl groups is 3. The molecule has 9 atom stereocenters. The Hall–Kier alpha value is -1.39. The van der Waals surface area contributed by atoms with E-state index in [-0.39, 0.29) is 11.9 Å². The third-order valence-corrected chi connectivity index (χ3v) is 9.14. The van der Waals surface area contributed by atoms with Crippen LogP contribution in [0.5, 0.6) is 0 Å². The Morgan fingerprint density at radius 2 is 1.87 bits per heavy atom. The van der Waals surface area contributed by atoms with Crippen LogP contribution in [0.4, 0.5) is 0 Å². The summed E-state index contributed by atoms with van der Waals surface area (Å²) in [4.78, 5) is 13.2. The van der Waals surface area contributed by atoms with Gasteiger partial charge < -0.3 is 30.7 Å². The highest BCUT2D eigenvalue weighted by atomic mass is 35.5. The zero-order valence-corrected chi connectivity index (χ0v) is 23.7. The molecule has 2 aromatic rings. The molecule has 2 saturated heterocycles. The number of hydrogen-bond acceptors (Lipinski definition) is 7. The van der Waals surface area contributed by atoms with Crippen molar-refractivity contribution in [2.45, 2.75) is 92.8 Å². The van der Waals surface area contributed by atoms with E-state index in [1.165, 1.54) is 28.1 Å². The lowest BCUT2D eigenvalue weighted by atomic mass is 9.91. The molecule has 0 radical (unpaired) electrons. The number of thioether (sulfide) groups is 1. The van der Waals surface area contributed by atoms with Crippen LogP contribution < -0.4 is 10.6 Å². The number of ether oxygens (including phenoxy) is 1. The number of amides is 1. The van der Waals surface area contributed by atoms with Crippen LogP contribution in [0.1, 0.15) is 44.6 Å². The van der Waals surface area contributed by atoms with Gasteiger partial charge in [0.1, 0.15) is 29.9 Å². The van der Waals surface area contributed by atoms with Crippen LogP contribution in [0.15, 0.2) is 42.5 Å². The molecule has 0 aromatic heterocycles. The van der Waals surface area contributed by atoms with Crippen LogP contribution in [-0.2, 0) is 16.0 Å². The van der Waals surface area contributed by atoms with Gasteiger partial charge in [0.15, 0.2) is 0 Å². The Morgan fingerprint density at radius 1 is 1.11 bits per heavy atom. The second kappa shape index (κ2) is 13.8. The van der Waals surface area contributed by atoms with Crippen molar-refractivity contribution in [1.82, 2.24) is 10.6 Å². The molecule has 2 aliphatic heterocycles. The number of benzene rings is 2. The standard InChI is InChI=1S/C29H41ClN2O5S/c1-17(30)23(27-25(34)24(33)26(35)29(37-27)38-2)32-28(36)22-13-11-18(14-15-31-22)6-5-7-19-10-12-20-8-3-4-9-21(20)16-19/h3-4,8-10,12,16-18,22-27,29,31,33-35H,5-7,11,13-15H2,1-2H3,(H,32,36)/t17-,18-,22-,23+,24?,25?,26+,27+,29?/m0/s1. The summed E-state index contributed by atoms with van der Waals surface area (Å²) >= 11 is 7.65. The minimum Gasteiger partial charge on any atom is -0.388 e. The molecule has 2 aromatic carbocycles. The maximum absolute atomic E-state index is 13.2. The fraction of sp³-hybridized carbons (Fsp3) is 0.621. The molecule has 4 rings (SSSR count). The zero-order valence-electron chi connectivity index (χ0n) is 22.1. The van der Waals surface area contributed by atoms with E-state index in [1.807, 2.05) is 0 Å². The minimum atomic E-state index is -1.38. The summed E-state index contributed by atoms with van der Waals surface area (Å²) in [6.45, 7) is 2.49. The van der Waals surface area contributed by atoms with Crippen molar-refractivity contribution in [2.24, 2.45) is 5.92 Å². The van der Waals surface area contributed by atoms with Crippen molar-refractivity contribution in [3.8, 4) is 0 Å². The van der Waals surface area contributed by atoms with Gasteiger partial charge >= 0.3 is 0 Å². The van der Waals surface area contributed by atoms with Gasteiger partial charge in [0.2, 0.25) is 5.91 Å². The molecule has 2 aliphatic rings. The van der Waals surface area contributed by atoms with Gasteiger partial charge in [0.05, 0.1) is 17.5 Å². The second-order valence-corrected chi connectivity index (χ2v) is 12.3. The summed E-state index contributed by atoms with van der Waals surface area (Å²) in [6, 6.07) is 14.1. The molecular formula is C29H41ClN2O5S. The average Bonchev–Trinajstić information content (AvgIpc) is 3.16. The maximum Gasteiger partial charge on any atom is 0.237 e. The van der Waals surface area contributed by atoms with E-state index in [0.717, 1.165) is 45.1 Å². The van der Waals surface area contributed by atoms with Crippen molar-refractivity contribution in [3.05, 3.63) is 48.0 Å². The van der Waals surface area contributed by atoms with Gasteiger partial charge in [-0.05, 0) is 74.1 Å². The molecule has 0 saturated carbocycles. The molecule has 38 heavy (non-hydrogen) atoms. The highest BCUT2D eigenvalue weighted by Crippen LogP contribution is 2.30. The molecule has 0 spiro atoms. The molecule has 1 amide bonds. The lowest BCUT2D eigenvalue weighted by Gasteiger charge is -2.44. The SMILES string of the molecule is CSC1O[C@H]([C@H](NC(=O)[C@@H]2CC[C@H](CCCc3ccc4ccccc4c3)CCN2)[C@H](C)Cl)C(O)C(O)[C@H]1O. The van der Waals surface area contributed by atoms with Crippen molar-refractivity contribution in [2.75, 3.05) is 12.8 Å². The van der Waals surface area contributed by atoms with E-state index < -0.39 is 41.3 Å². The van der Waals surface area contributed by atoms with E-state index >= 15 is 0 Å². The normalized spacial score (nSPS) is 31.9. The number of aliphatic hydroxyl groups excluding tert-OH is 3. The molecule has 5 N–H and O–H groups in total. The number of carbonyl (C=O) groups is 1. The van der Waals surface area contributed by atoms with Crippen molar-refractivity contribution >= 4 is 40.0 Å². The highest BCUT2D eigenvalue weighted by molar-refractivity contribution is 7.99. The summed E-state index contributed by atoms with van der Waals surface area (Å²) in [6.07, 6.45) is 2.86. The number of halogens is 1. The van der Waals surface area contributed by atoms with Crippen LogP contribution in [0.3, 0.4) is 0 Å². The Labute approximate surface area is 234 Å². The summed E-state index contributed by atoms with van der Waals surface area (Å²) in [5, 5.41) is 39.4. The van der Waals surface area contributed by atoms with E-state index in [0.29, 0.717) is 5.92 Å². The van der Waals surface area contributed by atoms with E-state index in [2.05, 4.69) is 53.1 Å². The predicted octanol–water partition coefficient (Wildman–Crippen LogP) is 3.20. The molecule has 3 unspecified atom stereocenters. The highest BCUT2D eigenvalue weighted by Gasteiger charge is 2.48. The second-order valence-electron chi connectivity index (χ2n) is 10.7. The maximum atomic E-state index is 13.2.